The largest absolute Gasteiger partial charge is 0.326 e. The van der Waals surface area contributed by atoms with E-state index in [0.717, 1.165) is 29.7 Å². The van der Waals surface area contributed by atoms with Crippen molar-refractivity contribution in [1.82, 2.24) is 20.2 Å². The first-order chi connectivity index (χ1) is 10.2. The molecule has 106 valence electrons. The van der Waals surface area contributed by atoms with Crippen molar-refractivity contribution >= 4 is 23.3 Å². The molecule has 1 unspecified atom stereocenters. The summed E-state index contributed by atoms with van der Waals surface area (Å²) in [6.07, 6.45) is 2.26. The molecule has 1 atom stereocenters. The lowest BCUT2D eigenvalue weighted by molar-refractivity contribution is -0.116. The fraction of sp³-hybridized carbons (Fsp3) is 0.286. The number of fused-ring (bicyclic) bond motifs is 1. The van der Waals surface area contributed by atoms with Gasteiger partial charge in [-0.05, 0) is 41.0 Å². The Hall–Kier alpha value is -2.21. The number of Topliss-reactive ketones (excluding diaryl/α,β-unsaturated/α-hetero) is 1. The number of ketones is 1. The molecule has 6 nitrogen and oxygen atoms in total. The van der Waals surface area contributed by atoms with E-state index >= 15 is 0 Å². The molecular formula is C14H12ClN5O. The number of nitrogens with zero attached hydrogens (tertiary/aromatic N) is 4. The molecule has 1 aliphatic heterocycles. The van der Waals surface area contributed by atoms with E-state index in [-0.39, 0.29) is 11.8 Å². The van der Waals surface area contributed by atoms with Crippen LogP contribution in [0.15, 0.2) is 35.5 Å². The van der Waals surface area contributed by atoms with Gasteiger partial charge in [0, 0.05) is 22.7 Å². The summed E-state index contributed by atoms with van der Waals surface area (Å²) in [5, 5.41) is 15.5. The molecule has 2 aromatic rings. The first-order valence-electron chi connectivity index (χ1n) is 6.80. The van der Waals surface area contributed by atoms with Gasteiger partial charge < -0.3 is 5.32 Å². The number of hydrogen-bond donors (Lipinski definition) is 1. The van der Waals surface area contributed by atoms with Crippen molar-refractivity contribution in [3.05, 3.63) is 46.1 Å². The molecule has 1 aliphatic carbocycles. The molecule has 0 amide bonds. The summed E-state index contributed by atoms with van der Waals surface area (Å²) in [4.78, 5) is 12.4. The average molecular weight is 302 g/mol. The second-order valence-electron chi connectivity index (χ2n) is 5.20. The van der Waals surface area contributed by atoms with Gasteiger partial charge in [0.15, 0.2) is 5.78 Å². The minimum absolute atomic E-state index is 0.148. The number of rotatable bonds is 1. The molecule has 7 heteroatoms. The van der Waals surface area contributed by atoms with Crippen LogP contribution in [0.1, 0.15) is 30.9 Å². The van der Waals surface area contributed by atoms with Crippen LogP contribution in [-0.4, -0.2) is 26.0 Å². The Kier molecular flexibility index (Phi) is 2.78. The van der Waals surface area contributed by atoms with Crippen LogP contribution in [-0.2, 0) is 4.79 Å². The quantitative estimate of drug-likeness (QED) is 0.875. The predicted molar refractivity (Wildman–Crippen MR) is 76.9 cm³/mol. The summed E-state index contributed by atoms with van der Waals surface area (Å²) in [5.41, 5.74) is 2.60. The molecular weight excluding hydrogens is 290 g/mol. The topological polar surface area (TPSA) is 72.7 Å². The number of nitrogens with one attached hydrogen (secondary N) is 1. The lowest BCUT2D eigenvalue weighted by Gasteiger charge is -2.31. The van der Waals surface area contributed by atoms with Crippen molar-refractivity contribution in [1.29, 1.82) is 0 Å². The standard InChI is InChI=1S/C14H12ClN5O/c15-9-4-1-3-8(7-9)13-12-10(5-2-6-11(12)21)16-14-17-18-19-20(13)14/h1,3-4,7,13H,2,5-6H2,(H,16,17,19). The lowest BCUT2D eigenvalue weighted by Crippen LogP contribution is -2.31. The molecule has 0 saturated carbocycles. The molecule has 2 heterocycles. The summed E-state index contributed by atoms with van der Waals surface area (Å²) in [5.74, 6) is 0.711. The molecule has 0 saturated heterocycles. The first kappa shape index (κ1) is 12.5. The van der Waals surface area contributed by atoms with Crippen LogP contribution in [0.3, 0.4) is 0 Å². The van der Waals surface area contributed by atoms with Crippen LogP contribution < -0.4 is 5.32 Å². The molecule has 21 heavy (non-hydrogen) atoms. The average Bonchev–Trinajstić information content (AvgIpc) is 2.93. The maximum absolute atomic E-state index is 12.4. The Bertz CT molecular complexity index is 766. The maximum atomic E-state index is 12.4. The number of halogens is 1. The highest BCUT2D eigenvalue weighted by Crippen LogP contribution is 2.39. The van der Waals surface area contributed by atoms with Crippen LogP contribution in [0, 0.1) is 0 Å². The number of anilines is 1. The Morgan fingerprint density at radius 2 is 2.24 bits per heavy atom. The number of allylic oxidation sites excluding steroid dienone is 2. The van der Waals surface area contributed by atoms with Crippen molar-refractivity contribution in [2.24, 2.45) is 0 Å². The molecule has 0 radical (unpaired) electrons. The lowest BCUT2D eigenvalue weighted by atomic mass is 9.85. The third kappa shape index (κ3) is 1.94. The summed E-state index contributed by atoms with van der Waals surface area (Å²) in [7, 11) is 0. The van der Waals surface area contributed by atoms with Gasteiger partial charge in [0.2, 0.25) is 5.95 Å². The van der Waals surface area contributed by atoms with E-state index in [1.165, 1.54) is 0 Å². The minimum atomic E-state index is -0.308. The maximum Gasteiger partial charge on any atom is 0.248 e. The fourth-order valence-electron chi connectivity index (χ4n) is 3.00. The van der Waals surface area contributed by atoms with Crippen LogP contribution in [0.2, 0.25) is 5.02 Å². The summed E-state index contributed by atoms with van der Waals surface area (Å²) in [6, 6.07) is 7.18. The summed E-state index contributed by atoms with van der Waals surface area (Å²) >= 11 is 6.10. The van der Waals surface area contributed by atoms with Gasteiger partial charge in [0.05, 0.1) is 0 Å². The third-order valence-corrected chi connectivity index (χ3v) is 4.13. The van der Waals surface area contributed by atoms with E-state index in [1.54, 1.807) is 4.68 Å². The van der Waals surface area contributed by atoms with E-state index in [2.05, 4.69) is 20.8 Å². The van der Waals surface area contributed by atoms with Crippen molar-refractivity contribution in [3.63, 3.8) is 0 Å². The molecule has 1 aromatic carbocycles. The van der Waals surface area contributed by atoms with Crippen molar-refractivity contribution in [2.45, 2.75) is 25.3 Å². The molecule has 1 aromatic heterocycles. The zero-order valence-corrected chi connectivity index (χ0v) is 11.8. The smallest absolute Gasteiger partial charge is 0.248 e. The monoisotopic (exact) mass is 301 g/mol. The Morgan fingerprint density at radius 1 is 1.33 bits per heavy atom. The molecule has 0 bridgehead atoms. The minimum Gasteiger partial charge on any atom is -0.326 e. The number of hydrogen-bond acceptors (Lipinski definition) is 5. The third-order valence-electron chi connectivity index (χ3n) is 3.89. The Balaban J connectivity index is 1.93. The molecule has 4 rings (SSSR count). The van der Waals surface area contributed by atoms with E-state index in [1.807, 2.05) is 24.3 Å². The predicted octanol–water partition coefficient (Wildman–Crippen LogP) is 2.35. The number of carbonyl (C=O) groups excluding carboxylic acids is 1. The zero-order chi connectivity index (χ0) is 14.4. The second kappa shape index (κ2) is 4.66. The highest BCUT2D eigenvalue weighted by atomic mass is 35.5. The van der Waals surface area contributed by atoms with E-state index < -0.39 is 0 Å². The molecule has 1 N–H and O–H groups in total. The van der Waals surface area contributed by atoms with Crippen LogP contribution >= 0.6 is 11.6 Å². The van der Waals surface area contributed by atoms with E-state index in [4.69, 9.17) is 11.6 Å². The van der Waals surface area contributed by atoms with Gasteiger partial charge in [0.25, 0.3) is 0 Å². The van der Waals surface area contributed by atoms with Gasteiger partial charge in [-0.25, -0.2) is 0 Å². The normalized spacial score (nSPS) is 20.8. The van der Waals surface area contributed by atoms with Gasteiger partial charge in [-0.1, -0.05) is 28.8 Å². The SMILES string of the molecule is O=C1CCCC2=C1C(c1cccc(Cl)c1)n1nnnc1N2. The number of carbonyl (C=O) groups is 1. The van der Waals surface area contributed by atoms with Crippen molar-refractivity contribution in [3.8, 4) is 0 Å². The van der Waals surface area contributed by atoms with Gasteiger partial charge in [-0.2, -0.15) is 4.68 Å². The van der Waals surface area contributed by atoms with Crippen molar-refractivity contribution in [2.75, 3.05) is 5.32 Å². The number of tetrazole rings is 1. The molecule has 2 aliphatic rings. The van der Waals surface area contributed by atoms with E-state index in [0.29, 0.717) is 17.4 Å². The highest BCUT2D eigenvalue weighted by molar-refractivity contribution is 6.30. The number of aromatic nitrogens is 4. The summed E-state index contributed by atoms with van der Waals surface area (Å²) in [6.45, 7) is 0. The van der Waals surface area contributed by atoms with Crippen LogP contribution in [0.5, 0.6) is 0 Å². The van der Waals surface area contributed by atoms with Gasteiger partial charge >= 0.3 is 0 Å². The zero-order valence-electron chi connectivity index (χ0n) is 11.1. The van der Waals surface area contributed by atoms with Crippen molar-refractivity contribution < 1.29 is 4.79 Å². The fourth-order valence-corrected chi connectivity index (χ4v) is 3.20. The second-order valence-corrected chi connectivity index (χ2v) is 5.63. The molecule has 0 spiro atoms. The number of benzene rings is 1. The summed E-state index contributed by atoms with van der Waals surface area (Å²) < 4.78 is 1.65. The van der Waals surface area contributed by atoms with Gasteiger partial charge in [-0.15, -0.1) is 0 Å². The van der Waals surface area contributed by atoms with E-state index in [9.17, 15) is 4.79 Å². The molecule has 0 fully saturated rings. The highest BCUT2D eigenvalue weighted by Gasteiger charge is 2.36. The first-order valence-corrected chi connectivity index (χ1v) is 7.18. The van der Waals surface area contributed by atoms with Gasteiger partial charge in [-0.3, -0.25) is 4.79 Å². The van der Waals surface area contributed by atoms with Crippen LogP contribution in [0.25, 0.3) is 0 Å². The van der Waals surface area contributed by atoms with Gasteiger partial charge in [0.1, 0.15) is 6.04 Å². The van der Waals surface area contributed by atoms with Crippen LogP contribution in [0.4, 0.5) is 5.95 Å². The Labute approximate surface area is 125 Å². The Morgan fingerprint density at radius 3 is 3.10 bits per heavy atom.